The van der Waals surface area contributed by atoms with Gasteiger partial charge in [0.25, 0.3) is 5.91 Å². The highest BCUT2D eigenvalue weighted by atomic mass is 19.4. The molecule has 3 aromatic heterocycles. The van der Waals surface area contributed by atoms with Gasteiger partial charge in [0.05, 0.1) is 42.4 Å². The Morgan fingerprint density at radius 1 is 1.11 bits per heavy atom. The Bertz CT molecular complexity index is 1520. The number of nitrogens with one attached hydrogen (secondary N) is 1. The van der Waals surface area contributed by atoms with Gasteiger partial charge in [-0.25, -0.2) is 9.67 Å². The van der Waals surface area contributed by atoms with Crippen molar-refractivity contribution in [1.29, 1.82) is 0 Å². The molecule has 1 spiro atoms. The molecular formula is C26H22F3N7O2. The van der Waals surface area contributed by atoms with Crippen LogP contribution in [0.3, 0.4) is 0 Å². The minimum Gasteiger partial charge on any atom is -0.380 e. The number of hydrogen-bond donors (Lipinski definition) is 1. The number of alkyl halides is 3. The maximum atomic E-state index is 13.0. The fourth-order valence-corrected chi connectivity index (χ4v) is 4.62. The van der Waals surface area contributed by atoms with Gasteiger partial charge in [0.2, 0.25) is 0 Å². The van der Waals surface area contributed by atoms with Gasteiger partial charge < -0.3 is 15.0 Å². The highest BCUT2D eigenvalue weighted by molar-refractivity contribution is 6.03. The summed E-state index contributed by atoms with van der Waals surface area (Å²) in [5.74, 6) is -0.755. The Hall–Kier alpha value is -4.32. The van der Waals surface area contributed by atoms with Crippen LogP contribution < -0.4 is 10.2 Å². The van der Waals surface area contributed by atoms with Crippen molar-refractivity contribution in [1.82, 2.24) is 25.0 Å². The molecule has 0 saturated carbocycles. The lowest BCUT2D eigenvalue weighted by Gasteiger charge is -2.55. The molecule has 9 nitrogen and oxygen atoms in total. The monoisotopic (exact) mass is 521 g/mol. The molecule has 4 aromatic rings. The topological polar surface area (TPSA) is 98.1 Å². The lowest BCUT2D eigenvalue weighted by atomic mass is 9.78. The van der Waals surface area contributed by atoms with Gasteiger partial charge in [-0.3, -0.25) is 9.78 Å². The largest absolute Gasteiger partial charge is 0.433 e. The summed E-state index contributed by atoms with van der Waals surface area (Å²) >= 11 is 0. The van der Waals surface area contributed by atoms with E-state index in [0.717, 1.165) is 55.3 Å². The first-order chi connectivity index (χ1) is 18.2. The number of hydrogen-bond acceptors (Lipinski definition) is 7. The first-order valence-electron chi connectivity index (χ1n) is 11.9. The van der Waals surface area contributed by atoms with Gasteiger partial charge in [-0.15, -0.1) is 5.10 Å². The number of pyridine rings is 2. The summed E-state index contributed by atoms with van der Waals surface area (Å²) in [6.45, 7) is 5.38. The molecule has 1 amide bonds. The zero-order valence-electron chi connectivity index (χ0n) is 20.2. The number of amides is 1. The normalized spacial score (nSPS) is 16.2. The molecule has 2 aliphatic heterocycles. The van der Waals surface area contributed by atoms with Gasteiger partial charge in [0, 0.05) is 30.5 Å². The fraction of sp³-hybridized carbons (Fsp3) is 0.269. The Labute approximate surface area is 215 Å². The molecule has 0 bridgehead atoms. The Kier molecular flexibility index (Phi) is 5.64. The molecule has 1 aromatic carbocycles. The van der Waals surface area contributed by atoms with Gasteiger partial charge in [-0.1, -0.05) is 17.3 Å². The van der Waals surface area contributed by atoms with E-state index in [2.05, 4.69) is 30.5 Å². The van der Waals surface area contributed by atoms with Gasteiger partial charge in [-0.05, 0) is 42.8 Å². The number of anilines is 2. The molecule has 0 aliphatic carbocycles. The van der Waals surface area contributed by atoms with Crippen LogP contribution in [0.4, 0.5) is 24.5 Å². The number of aromatic nitrogens is 5. The average molecular weight is 522 g/mol. The summed E-state index contributed by atoms with van der Waals surface area (Å²) in [7, 11) is 0. The van der Waals surface area contributed by atoms with Gasteiger partial charge in [0.15, 0.2) is 0 Å². The molecule has 0 atom stereocenters. The maximum Gasteiger partial charge on any atom is 0.433 e. The van der Waals surface area contributed by atoms with Crippen molar-refractivity contribution in [2.45, 2.75) is 13.1 Å². The minimum absolute atomic E-state index is 0.286. The third kappa shape index (κ3) is 4.47. The average Bonchev–Trinajstić information content (AvgIpc) is 3.33. The molecule has 2 aliphatic rings. The number of ether oxygens (including phenoxy) is 1. The van der Waals surface area contributed by atoms with Crippen LogP contribution in [0.2, 0.25) is 0 Å². The Morgan fingerprint density at radius 3 is 2.66 bits per heavy atom. The van der Waals surface area contributed by atoms with Crippen LogP contribution in [0, 0.1) is 12.3 Å². The number of halogens is 3. The fourth-order valence-electron chi connectivity index (χ4n) is 4.62. The van der Waals surface area contributed by atoms with Crippen molar-refractivity contribution in [3.05, 3.63) is 78.0 Å². The summed E-state index contributed by atoms with van der Waals surface area (Å²) in [5.41, 5.74) is 3.16. The van der Waals surface area contributed by atoms with E-state index in [1.165, 1.54) is 6.07 Å². The summed E-state index contributed by atoms with van der Waals surface area (Å²) in [4.78, 5) is 22.7. The van der Waals surface area contributed by atoms with Gasteiger partial charge in [-0.2, -0.15) is 13.2 Å². The van der Waals surface area contributed by atoms with Gasteiger partial charge >= 0.3 is 6.18 Å². The van der Waals surface area contributed by atoms with Crippen molar-refractivity contribution in [2.24, 2.45) is 5.41 Å². The number of benzene rings is 1. The van der Waals surface area contributed by atoms with Crippen LogP contribution in [-0.4, -0.2) is 57.2 Å². The van der Waals surface area contributed by atoms with Crippen LogP contribution in [0.25, 0.3) is 16.9 Å². The predicted octanol–water partition coefficient (Wildman–Crippen LogP) is 4.14. The summed E-state index contributed by atoms with van der Waals surface area (Å²) in [6, 6.07) is 10.3. The maximum absolute atomic E-state index is 13.0. The second-order valence-electron chi connectivity index (χ2n) is 9.69. The molecule has 12 heteroatoms. The Morgan fingerprint density at radius 2 is 1.92 bits per heavy atom. The zero-order chi connectivity index (χ0) is 26.5. The lowest BCUT2D eigenvalue weighted by molar-refractivity contribution is -0.141. The molecule has 194 valence electrons. The molecule has 1 N–H and O–H groups in total. The van der Waals surface area contributed by atoms with Crippen LogP contribution in [0.15, 0.2) is 61.1 Å². The van der Waals surface area contributed by atoms with Crippen molar-refractivity contribution < 1.29 is 22.7 Å². The van der Waals surface area contributed by atoms with Crippen LogP contribution >= 0.6 is 0 Å². The lowest BCUT2D eigenvalue weighted by Crippen LogP contribution is -2.66. The molecule has 6 rings (SSSR count). The van der Waals surface area contributed by atoms with E-state index in [0.29, 0.717) is 17.1 Å². The first kappa shape index (κ1) is 24.0. The number of aryl methyl sites for hydroxylation is 1. The molecule has 38 heavy (non-hydrogen) atoms. The van der Waals surface area contributed by atoms with Crippen molar-refractivity contribution in [3.63, 3.8) is 0 Å². The SMILES string of the molecule is Cc1ccc(NC(=O)c2cccc(C(F)(F)F)n2)cc1-n1cc(-c2cncc(N3CC4(COC4)C3)c2)nn1. The number of carbonyl (C=O) groups excluding carboxylic acids is 1. The highest BCUT2D eigenvalue weighted by Crippen LogP contribution is 2.40. The van der Waals surface area contributed by atoms with Crippen molar-refractivity contribution >= 4 is 17.3 Å². The second kappa shape index (κ2) is 8.91. The molecule has 5 heterocycles. The molecule has 2 saturated heterocycles. The number of rotatable bonds is 5. The Balaban J connectivity index is 1.20. The number of carbonyl (C=O) groups is 1. The highest BCUT2D eigenvalue weighted by Gasteiger charge is 2.49. The van der Waals surface area contributed by atoms with E-state index in [9.17, 15) is 18.0 Å². The third-order valence-electron chi connectivity index (χ3n) is 6.73. The van der Waals surface area contributed by atoms with E-state index in [1.807, 2.05) is 19.2 Å². The van der Waals surface area contributed by atoms with E-state index in [1.54, 1.807) is 35.3 Å². The molecule has 0 unspecified atom stereocenters. The first-order valence-corrected chi connectivity index (χ1v) is 11.9. The van der Waals surface area contributed by atoms with E-state index >= 15 is 0 Å². The molecular weight excluding hydrogens is 499 g/mol. The minimum atomic E-state index is -4.64. The smallest absolute Gasteiger partial charge is 0.380 e. The third-order valence-corrected chi connectivity index (χ3v) is 6.73. The van der Waals surface area contributed by atoms with Crippen molar-refractivity contribution in [3.8, 4) is 16.9 Å². The van der Waals surface area contributed by atoms with Crippen molar-refractivity contribution in [2.75, 3.05) is 36.5 Å². The standard InChI is InChI=1S/C26H22F3N7O2/c1-16-5-6-18(31-24(37)20-3-2-4-23(32-20)26(27,28)29)8-22(16)36-11-21(33-34-36)17-7-19(10-30-9-17)35-12-25(13-35)14-38-15-25/h2-11H,12-15H2,1H3,(H,31,37). The second-order valence-corrected chi connectivity index (χ2v) is 9.69. The quantitative estimate of drug-likeness (QED) is 0.422. The van der Waals surface area contributed by atoms with E-state index < -0.39 is 17.8 Å². The van der Waals surface area contributed by atoms with Crippen LogP contribution in [0.1, 0.15) is 21.7 Å². The van der Waals surface area contributed by atoms with Gasteiger partial charge in [0.1, 0.15) is 17.1 Å². The number of nitrogens with zero attached hydrogens (tertiary/aromatic N) is 6. The summed E-state index contributed by atoms with van der Waals surface area (Å²) in [5, 5.41) is 11.2. The summed E-state index contributed by atoms with van der Waals surface area (Å²) < 4.78 is 45.9. The molecule has 0 radical (unpaired) electrons. The van der Waals surface area contributed by atoms with E-state index in [4.69, 9.17) is 4.74 Å². The predicted molar refractivity (Wildman–Crippen MR) is 132 cm³/mol. The summed E-state index contributed by atoms with van der Waals surface area (Å²) in [6.07, 6.45) is 0.678. The zero-order valence-corrected chi connectivity index (χ0v) is 20.2. The molecule has 2 fully saturated rings. The van der Waals surface area contributed by atoms with Crippen LogP contribution in [-0.2, 0) is 10.9 Å². The van der Waals surface area contributed by atoms with Crippen LogP contribution in [0.5, 0.6) is 0 Å². The van der Waals surface area contributed by atoms with E-state index in [-0.39, 0.29) is 11.1 Å².